The quantitative estimate of drug-likeness (QED) is 0.650. The molecule has 2 aromatic heterocycles. The summed E-state index contributed by atoms with van der Waals surface area (Å²) in [5.74, 6) is 6.16. The van der Waals surface area contributed by atoms with Crippen LogP contribution in [-0.2, 0) is 0 Å². The van der Waals surface area contributed by atoms with E-state index in [1.54, 1.807) is 24.6 Å². The van der Waals surface area contributed by atoms with Crippen LogP contribution in [0.3, 0.4) is 0 Å². The minimum absolute atomic E-state index is 0.280. The van der Waals surface area contributed by atoms with Gasteiger partial charge in [0.2, 0.25) is 0 Å². The van der Waals surface area contributed by atoms with Crippen LogP contribution in [0.5, 0.6) is 0 Å². The van der Waals surface area contributed by atoms with E-state index in [-0.39, 0.29) is 6.04 Å². The Morgan fingerprint density at radius 1 is 1.47 bits per heavy atom. The first-order chi connectivity index (χ1) is 7.33. The van der Waals surface area contributed by atoms with Crippen molar-refractivity contribution in [3.8, 4) is 0 Å². The predicted octanol–water partition coefficient (Wildman–Crippen LogP) is 1.38. The molecule has 6 heteroatoms. The van der Waals surface area contributed by atoms with Crippen LogP contribution in [0.2, 0.25) is 0 Å². The van der Waals surface area contributed by atoms with Crippen LogP contribution in [-0.4, -0.2) is 9.97 Å². The summed E-state index contributed by atoms with van der Waals surface area (Å²) in [6.45, 7) is 0. The average molecular weight is 269 g/mol. The first kappa shape index (κ1) is 10.3. The molecule has 2 heterocycles. The van der Waals surface area contributed by atoms with Crippen LogP contribution < -0.4 is 11.3 Å². The molecule has 0 amide bonds. The highest BCUT2D eigenvalue weighted by Gasteiger charge is 2.19. The van der Waals surface area contributed by atoms with Crippen LogP contribution in [0.4, 0.5) is 0 Å². The average Bonchev–Trinajstić information content (AvgIpc) is 2.68. The van der Waals surface area contributed by atoms with E-state index in [9.17, 15) is 0 Å². The summed E-state index contributed by atoms with van der Waals surface area (Å²) in [5.41, 5.74) is 3.40. The molecule has 0 aliphatic rings. The van der Waals surface area contributed by atoms with Crippen LogP contribution >= 0.6 is 15.9 Å². The molecule has 0 spiro atoms. The van der Waals surface area contributed by atoms with Crippen LogP contribution in [0, 0.1) is 0 Å². The number of nitrogens with one attached hydrogen (secondary N) is 1. The van der Waals surface area contributed by atoms with Crippen molar-refractivity contribution in [1.82, 2.24) is 15.4 Å². The lowest BCUT2D eigenvalue weighted by Gasteiger charge is -2.12. The number of nitrogens with zero attached hydrogens (tertiary/aromatic N) is 2. The van der Waals surface area contributed by atoms with Crippen LogP contribution in [0.1, 0.15) is 17.5 Å². The smallest absolute Gasteiger partial charge is 0.142 e. The number of aromatic nitrogens is 2. The van der Waals surface area contributed by atoms with Gasteiger partial charge in [-0.15, -0.1) is 0 Å². The number of hydrogen-bond donors (Lipinski definition) is 2. The van der Waals surface area contributed by atoms with Crippen LogP contribution in [0.15, 0.2) is 39.8 Å². The molecule has 2 aromatic rings. The third-order valence-electron chi connectivity index (χ3n) is 1.97. The number of nitrogens with two attached hydrogens (primary N) is 1. The van der Waals surface area contributed by atoms with Crippen molar-refractivity contribution in [3.05, 3.63) is 46.8 Å². The summed E-state index contributed by atoms with van der Waals surface area (Å²) in [6.07, 6.45) is 4.71. The zero-order valence-electron chi connectivity index (χ0n) is 7.72. The monoisotopic (exact) mass is 268 g/mol. The minimum Gasteiger partial charge on any atom is -0.466 e. The Morgan fingerprint density at radius 3 is 2.87 bits per heavy atom. The third kappa shape index (κ3) is 2.06. The SMILES string of the molecule is NNC(c1ccncn1)c1occc1Br. The maximum atomic E-state index is 5.47. The Hall–Kier alpha value is -1.24. The van der Waals surface area contributed by atoms with Crippen molar-refractivity contribution in [2.75, 3.05) is 0 Å². The largest absolute Gasteiger partial charge is 0.466 e. The summed E-state index contributed by atoms with van der Waals surface area (Å²) in [5, 5.41) is 0. The van der Waals surface area contributed by atoms with E-state index in [0.29, 0.717) is 5.76 Å². The lowest BCUT2D eigenvalue weighted by Crippen LogP contribution is -2.29. The van der Waals surface area contributed by atoms with Gasteiger partial charge in [-0.3, -0.25) is 5.84 Å². The Labute approximate surface area is 94.8 Å². The standard InChI is InChI=1S/C9H9BrN4O/c10-6-2-4-15-9(6)8(14-11)7-1-3-12-5-13-7/h1-5,8,14H,11H2. The minimum atomic E-state index is -0.280. The molecule has 0 aliphatic carbocycles. The Morgan fingerprint density at radius 2 is 2.33 bits per heavy atom. The fraction of sp³-hybridized carbons (Fsp3) is 0.111. The fourth-order valence-corrected chi connectivity index (χ4v) is 1.71. The van der Waals surface area contributed by atoms with Gasteiger partial charge in [0, 0.05) is 6.20 Å². The molecule has 0 saturated heterocycles. The lowest BCUT2D eigenvalue weighted by molar-refractivity contribution is 0.444. The third-order valence-corrected chi connectivity index (χ3v) is 2.63. The van der Waals surface area contributed by atoms with Crippen molar-refractivity contribution < 1.29 is 4.42 Å². The van der Waals surface area contributed by atoms with Gasteiger partial charge >= 0.3 is 0 Å². The molecule has 0 radical (unpaired) electrons. The molecule has 1 atom stereocenters. The Kier molecular flexibility index (Phi) is 3.10. The zero-order valence-corrected chi connectivity index (χ0v) is 9.31. The molecule has 0 saturated carbocycles. The normalized spacial score (nSPS) is 12.7. The highest BCUT2D eigenvalue weighted by Crippen LogP contribution is 2.27. The molecule has 0 bridgehead atoms. The van der Waals surface area contributed by atoms with Crippen LogP contribution in [0.25, 0.3) is 0 Å². The molecule has 1 unspecified atom stereocenters. The molecule has 3 N–H and O–H groups in total. The highest BCUT2D eigenvalue weighted by molar-refractivity contribution is 9.10. The van der Waals surface area contributed by atoms with E-state index < -0.39 is 0 Å². The maximum Gasteiger partial charge on any atom is 0.142 e. The molecule has 0 aromatic carbocycles. The summed E-state index contributed by atoms with van der Waals surface area (Å²) >= 11 is 3.37. The molecular formula is C9H9BrN4O. The first-order valence-electron chi connectivity index (χ1n) is 4.28. The van der Waals surface area contributed by atoms with Crippen molar-refractivity contribution in [2.24, 2.45) is 5.84 Å². The molecule has 78 valence electrons. The second-order valence-electron chi connectivity index (χ2n) is 2.87. The van der Waals surface area contributed by atoms with Crippen molar-refractivity contribution in [1.29, 1.82) is 0 Å². The van der Waals surface area contributed by atoms with Gasteiger partial charge in [0.25, 0.3) is 0 Å². The van der Waals surface area contributed by atoms with E-state index >= 15 is 0 Å². The number of hydrazine groups is 1. The molecule has 0 fully saturated rings. The topological polar surface area (TPSA) is 77.0 Å². The summed E-state index contributed by atoms with van der Waals surface area (Å²) in [4.78, 5) is 7.96. The summed E-state index contributed by atoms with van der Waals surface area (Å²) in [7, 11) is 0. The van der Waals surface area contributed by atoms with Crippen molar-refractivity contribution >= 4 is 15.9 Å². The second kappa shape index (κ2) is 4.52. The zero-order chi connectivity index (χ0) is 10.7. The van der Waals surface area contributed by atoms with E-state index in [4.69, 9.17) is 10.3 Å². The summed E-state index contributed by atoms with van der Waals surface area (Å²) < 4.78 is 6.17. The molecule has 15 heavy (non-hydrogen) atoms. The molecule has 2 rings (SSSR count). The Balaban J connectivity index is 2.37. The second-order valence-corrected chi connectivity index (χ2v) is 3.72. The number of hydrogen-bond acceptors (Lipinski definition) is 5. The highest BCUT2D eigenvalue weighted by atomic mass is 79.9. The van der Waals surface area contributed by atoms with Gasteiger partial charge in [-0.25, -0.2) is 15.4 Å². The molecule has 5 nitrogen and oxygen atoms in total. The summed E-state index contributed by atoms with van der Waals surface area (Å²) in [6, 6.07) is 3.30. The fourth-order valence-electron chi connectivity index (χ4n) is 1.28. The van der Waals surface area contributed by atoms with Gasteiger partial charge in [0.15, 0.2) is 0 Å². The lowest BCUT2D eigenvalue weighted by atomic mass is 10.1. The van der Waals surface area contributed by atoms with E-state index in [0.717, 1.165) is 10.2 Å². The Bertz CT molecular complexity index is 431. The number of rotatable bonds is 3. The van der Waals surface area contributed by atoms with Gasteiger partial charge in [-0.05, 0) is 28.1 Å². The number of halogens is 1. The van der Waals surface area contributed by atoms with Crippen molar-refractivity contribution in [2.45, 2.75) is 6.04 Å². The number of furan rings is 1. The van der Waals surface area contributed by atoms with E-state index in [2.05, 4.69) is 31.3 Å². The maximum absolute atomic E-state index is 5.47. The first-order valence-corrected chi connectivity index (χ1v) is 5.07. The van der Waals surface area contributed by atoms with Gasteiger partial charge in [-0.1, -0.05) is 0 Å². The van der Waals surface area contributed by atoms with E-state index in [1.165, 1.54) is 6.33 Å². The molecule has 0 aliphatic heterocycles. The molecular weight excluding hydrogens is 260 g/mol. The van der Waals surface area contributed by atoms with Gasteiger partial charge in [0.1, 0.15) is 18.1 Å². The predicted molar refractivity (Wildman–Crippen MR) is 57.6 cm³/mol. The van der Waals surface area contributed by atoms with E-state index in [1.807, 2.05) is 0 Å². The van der Waals surface area contributed by atoms with Gasteiger partial charge in [-0.2, -0.15) is 0 Å². The van der Waals surface area contributed by atoms with Gasteiger partial charge < -0.3 is 4.42 Å². The van der Waals surface area contributed by atoms with Crippen molar-refractivity contribution in [3.63, 3.8) is 0 Å². The van der Waals surface area contributed by atoms with Gasteiger partial charge in [0.05, 0.1) is 16.4 Å².